The molecule has 2 aromatic carbocycles. The Balaban J connectivity index is 2.07. The van der Waals surface area contributed by atoms with E-state index in [1.807, 2.05) is 25.1 Å². The van der Waals surface area contributed by atoms with Gasteiger partial charge in [0.15, 0.2) is 0 Å². The molecule has 1 N–H and O–H groups in total. The largest absolute Gasteiger partial charge is 0.466 e. The lowest BCUT2D eigenvalue weighted by molar-refractivity contribution is -0.143. The summed E-state index contributed by atoms with van der Waals surface area (Å²) in [5.41, 5.74) is 2.30. The summed E-state index contributed by atoms with van der Waals surface area (Å²) in [5.74, 6) is -0.174. The van der Waals surface area contributed by atoms with Crippen LogP contribution in [0.1, 0.15) is 30.5 Å². The molecular formula is C18H20INO2. The topological polar surface area (TPSA) is 38.3 Å². The van der Waals surface area contributed by atoms with Crippen molar-refractivity contribution in [1.82, 2.24) is 5.32 Å². The standard InChI is InChI=1S/C18H20INO2/c1-2-22-18(21)12-17(15-8-10-16(19)11-9-15)20-13-14-6-4-3-5-7-14/h3-11,17,20H,2,12-13H2,1H3. The van der Waals surface area contributed by atoms with Gasteiger partial charge in [-0.1, -0.05) is 42.5 Å². The number of halogens is 1. The lowest BCUT2D eigenvalue weighted by Crippen LogP contribution is -2.24. The lowest BCUT2D eigenvalue weighted by Gasteiger charge is -2.19. The highest BCUT2D eigenvalue weighted by Gasteiger charge is 2.16. The maximum Gasteiger partial charge on any atom is 0.307 e. The lowest BCUT2D eigenvalue weighted by atomic mass is 10.0. The minimum atomic E-state index is -0.174. The van der Waals surface area contributed by atoms with Gasteiger partial charge in [-0.2, -0.15) is 0 Å². The van der Waals surface area contributed by atoms with E-state index < -0.39 is 0 Å². The van der Waals surface area contributed by atoms with Crippen LogP contribution in [0, 0.1) is 3.57 Å². The Hall–Kier alpha value is -1.40. The molecule has 1 unspecified atom stereocenters. The number of hydrogen-bond donors (Lipinski definition) is 1. The van der Waals surface area contributed by atoms with Gasteiger partial charge in [0.05, 0.1) is 13.0 Å². The van der Waals surface area contributed by atoms with Gasteiger partial charge >= 0.3 is 5.97 Å². The maximum absolute atomic E-state index is 11.8. The van der Waals surface area contributed by atoms with Crippen molar-refractivity contribution in [1.29, 1.82) is 0 Å². The maximum atomic E-state index is 11.8. The van der Waals surface area contributed by atoms with E-state index >= 15 is 0 Å². The van der Waals surface area contributed by atoms with Crippen LogP contribution >= 0.6 is 22.6 Å². The first-order valence-electron chi connectivity index (χ1n) is 7.37. The first-order valence-corrected chi connectivity index (χ1v) is 8.45. The molecule has 0 heterocycles. The predicted octanol–water partition coefficient (Wildman–Crippen LogP) is 4.08. The number of carbonyl (C=O) groups is 1. The SMILES string of the molecule is CCOC(=O)CC(NCc1ccccc1)c1ccc(I)cc1. The molecule has 0 saturated heterocycles. The number of esters is 1. The van der Waals surface area contributed by atoms with Gasteiger partial charge in [0.1, 0.15) is 0 Å². The molecule has 0 radical (unpaired) electrons. The van der Waals surface area contributed by atoms with Crippen LogP contribution in [0.3, 0.4) is 0 Å². The summed E-state index contributed by atoms with van der Waals surface area (Å²) < 4.78 is 6.27. The van der Waals surface area contributed by atoms with Crippen molar-refractivity contribution in [2.24, 2.45) is 0 Å². The quantitative estimate of drug-likeness (QED) is 0.554. The normalized spacial score (nSPS) is 11.9. The molecule has 0 amide bonds. The molecule has 0 aromatic heterocycles. The second kappa shape index (κ2) is 8.90. The van der Waals surface area contributed by atoms with Crippen molar-refractivity contribution >= 4 is 28.6 Å². The minimum absolute atomic E-state index is 0.0451. The van der Waals surface area contributed by atoms with Crippen LogP contribution in [-0.4, -0.2) is 12.6 Å². The van der Waals surface area contributed by atoms with Crippen LogP contribution in [0.15, 0.2) is 54.6 Å². The van der Waals surface area contributed by atoms with Crippen LogP contribution in [0.4, 0.5) is 0 Å². The molecule has 0 aliphatic carbocycles. The fraction of sp³-hybridized carbons (Fsp3) is 0.278. The zero-order valence-electron chi connectivity index (χ0n) is 12.6. The second-order valence-corrected chi connectivity index (χ2v) is 6.23. The monoisotopic (exact) mass is 409 g/mol. The summed E-state index contributed by atoms with van der Waals surface area (Å²) in [6.45, 7) is 2.96. The van der Waals surface area contributed by atoms with Crippen molar-refractivity contribution in [3.63, 3.8) is 0 Å². The zero-order valence-corrected chi connectivity index (χ0v) is 14.7. The fourth-order valence-corrected chi connectivity index (χ4v) is 2.59. The first-order chi connectivity index (χ1) is 10.7. The number of ether oxygens (including phenoxy) is 1. The third-order valence-electron chi connectivity index (χ3n) is 3.34. The summed E-state index contributed by atoms with van der Waals surface area (Å²) in [5, 5.41) is 3.46. The molecule has 0 fully saturated rings. The van der Waals surface area contributed by atoms with Crippen LogP contribution in [-0.2, 0) is 16.1 Å². The molecule has 1 atom stereocenters. The summed E-state index contributed by atoms with van der Waals surface area (Å²) in [4.78, 5) is 11.8. The molecule has 0 bridgehead atoms. The van der Waals surface area contributed by atoms with E-state index in [4.69, 9.17) is 4.74 Å². The smallest absolute Gasteiger partial charge is 0.307 e. The van der Waals surface area contributed by atoms with E-state index in [0.29, 0.717) is 13.0 Å². The Labute approximate surface area is 145 Å². The van der Waals surface area contributed by atoms with Gasteiger partial charge in [0.25, 0.3) is 0 Å². The molecule has 116 valence electrons. The number of nitrogens with one attached hydrogen (secondary N) is 1. The number of hydrogen-bond acceptors (Lipinski definition) is 3. The van der Waals surface area contributed by atoms with Crippen molar-refractivity contribution in [3.05, 3.63) is 69.3 Å². The summed E-state index contributed by atoms with van der Waals surface area (Å²) >= 11 is 2.28. The molecule has 2 rings (SSSR count). The molecule has 0 spiro atoms. The van der Waals surface area contributed by atoms with Crippen LogP contribution in [0.2, 0.25) is 0 Å². The Bertz CT molecular complexity index is 584. The zero-order chi connectivity index (χ0) is 15.8. The van der Waals surface area contributed by atoms with Gasteiger partial charge in [-0.3, -0.25) is 4.79 Å². The van der Waals surface area contributed by atoms with Crippen molar-refractivity contribution in [3.8, 4) is 0 Å². The van der Waals surface area contributed by atoms with Gasteiger partial charge in [0.2, 0.25) is 0 Å². The van der Waals surface area contributed by atoms with E-state index in [9.17, 15) is 4.79 Å². The van der Waals surface area contributed by atoms with Gasteiger partial charge in [-0.15, -0.1) is 0 Å². The average Bonchev–Trinajstić information content (AvgIpc) is 2.53. The van der Waals surface area contributed by atoms with E-state index in [-0.39, 0.29) is 12.0 Å². The molecule has 22 heavy (non-hydrogen) atoms. The highest BCUT2D eigenvalue weighted by Crippen LogP contribution is 2.19. The van der Waals surface area contributed by atoms with Crippen LogP contribution < -0.4 is 5.32 Å². The molecule has 0 aliphatic heterocycles. The fourth-order valence-electron chi connectivity index (χ4n) is 2.23. The first kappa shape index (κ1) is 17.0. The van der Waals surface area contributed by atoms with E-state index in [0.717, 1.165) is 12.1 Å². The Morgan fingerprint density at radius 3 is 2.45 bits per heavy atom. The van der Waals surface area contributed by atoms with Gasteiger partial charge in [0, 0.05) is 16.2 Å². The molecular weight excluding hydrogens is 389 g/mol. The summed E-state index contributed by atoms with van der Waals surface area (Å²) in [6.07, 6.45) is 0.335. The Morgan fingerprint density at radius 2 is 1.82 bits per heavy atom. The third kappa shape index (κ3) is 5.42. The molecule has 2 aromatic rings. The summed E-state index contributed by atoms with van der Waals surface area (Å²) in [6, 6.07) is 18.4. The summed E-state index contributed by atoms with van der Waals surface area (Å²) in [7, 11) is 0. The van der Waals surface area contributed by atoms with Crippen LogP contribution in [0.25, 0.3) is 0 Å². The van der Waals surface area contributed by atoms with Crippen molar-refractivity contribution in [2.45, 2.75) is 25.9 Å². The Kier molecular flexibility index (Phi) is 6.86. The van der Waals surface area contributed by atoms with E-state index in [1.165, 1.54) is 9.13 Å². The molecule has 4 heteroatoms. The van der Waals surface area contributed by atoms with Crippen molar-refractivity contribution in [2.75, 3.05) is 6.61 Å². The number of benzene rings is 2. The van der Waals surface area contributed by atoms with E-state index in [2.05, 4.69) is 64.3 Å². The van der Waals surface area contributed by atoms with E-state index in [1.54, 1.807) is 0 Å². The van der Waals surface area contributed by atoms with Gasteiger partial charge < -0.3 is 10.1 Å². The van der Waals surface area contributed by atoms with Crippen molar-refractivity contribution < 1.29 is 9.53 Å². The number of carbonyl (C=O) groups excluding carboxylic acids is 1. The average molecular weight is 409 g/mol. The minimum Gasteiger partial charge on any atom is -0.466 e. The second-order valence-electron chi connectivity index (χ2n) is 4.98. The molecule has 0 saturated carbocycles. The van der Waals surface area contributed by atoms with Crippen LogP contribution in [0.5, 0.6) is 0 Å². The van der Waals surface area contributed by atoms with Gasteiger partial charge in [-0.05, 0) is 52.8 Å². The third-order valence-corrected chi connectivity index (χ3v) is 4.06. The van der Waals surface area contributed by atoms with Gasteiger partial charge in [-0.25, -0.2) is 0 Å². The predicted molar refractivity (Wildman–Crippen MR) is 96.4 cm³/mol. The highest BCUT2D eigenvalue weighted by molar-refractivity contribution is 14.1. The highest BCUT2D eigenvalue weighted by atomic mass is 127. The Morgan fingerprint density at radius 1 is 1.14 bits per heavy atom. The molecule has 0 aliphatic rings. The molecule has 3 nitrogen and oxygen atoms in total. The number of rotatable bonds is 7.